The van der Waals surface area contributed by atoms with Gasteiger partial charge in [0.15, 0.2) is 5.11 Å². The van der Waals surface area contributed by atoms with Gasteiger partial charge >= 0.3 is 0 Å². The van der Waals surface area contributed by atoms with Crippen LogP contribution in [0.4, 0.5) is 5.69 Å². The van der Waals surface area contributed by atoms with Gasteiger partial charge in [0.1, 0.15) is 0 Å². The van der Waals surface area contributed by atoms with E-state index in [9.17, 15) is 0 Å². The SMILES string of the molecule is Cc1ccc(NC(=S)N[C@@H](C)c2ccc(C)c(C)c2)cc1C. The van der Waals surface area contributed by atoms with Crippen LogP contribution in [0.25, 0.3) is 0 Å². The van der Waals surface area contributed by atoms with Crippen LogP contribution >= 0.6 is 12.2 Å². The first kappa shape index (κ1) is 16.5. The molecule has 0 saturated heterocycles. The summed E-state index contributed by atoms with van der Waals surface area (Å²) in [6, 6.07) is 13.0. The van der Waals surface area contributed by atoms with E-state index in [-0.39, 0.29) is 6.04 Å². The normalized spacial score (nSPS) is 11.9. The van der Waals surface area contributed by atoms with Gasteiger partial charge in [-0.3, -0.25) is 0 Å². The Labute approximate surface area is 139 Å². The molecule has 0 heterocycles. The Morgan fingerprint density at radius 2 is 1.45 bits per heavy atom. The third kappa shape index (κ3) is 4.08. The zero-order valence-electron chi connectivity index (χ0n) is 13.9. The molecule has 0 bridgehead atoms. The predicted octanol–water partition coefficient (Wildman–Crippen LogP) is 4.97. The lowest BCUT2D eigenvalue weighted by Gasteiger charge is -2.18. The van der Waals surface area contributed by atoms with Crippen LogP contribution in [0.2, 0.25) is 0 Å². The van der Waals surface area contributed by atoms with Gasteiger partial charge in [0.25, 0.3) is 0 Å². The topological polar surface area (TPSA) is 24.1 Å². The van der Waals surface area contributed by atoms with Crippen molar-refractivity contribution in [3.63, 3.8) is 0 Å². The Balaban J connectivity index is 2.01. The third-order valence-corrected chi connectivity index (χ3v) is 4.36. The van der Waals surface area contributed by atoms with E-state index in [0.717, 1.165) is 5.69 Å². The Hall–Kier alpha value is -1.87. The number of benzene rings is 2. The van der Waals surface area contributed by atoms with Crippen molar-refractivity contribution in [2.24, 2.45) is 0 Å². The third-order valence-electron chi connectivity index (χ3n) is 4.14. The Morgan fingerprint density at radius 1 is 0.864 bits per heavy atom. The lowest BCUT2D eigenvalue weighted by molar-refractivity contribution is 0.721. The van der Waals surface area contributed by atoms with E-state index >= 15 is 0 Å². The summed E-state index contributed by atoms with van der Waals surface area (Å²) in [4.78, 5) is 0. The fourth-order valence-corrected chi connectivity index (χ4v) is 2.59. The quantitative estimate of drug-likeness (QED) is 0.783. The minimum absolute atomic E-state index is 0.172. The summed E-state index contributed by atoms with van der Waals surface area (Å²) in [6.07, 6.45) is 0. The van der Waals surface area contributed by atoms with Crippen LogP contribution in [-0.4, -0.2) is 5.11 Å². The van der Waals surface area contributed by atoms with Gasteiger partial charge in [-0.05, 0) is 86.8 Å². The molecule has 0 fully saturated rings. The van der Waals surface area contributed by atoms with Gasteiger partial charge in [-0.15, -0.1) is 0 Å². The first-order chi connectivity index (χ1) is 10.4. The fourth-order valence-electron chi connectivity index (χ4n) is 2.30. The highest BCUT2D eigenvalue weighted by Gasteiger charge is 2.08. The number of hydrogen-bond donors (Lipinski definition) is 2. The van der Waals surface area contributed by atoms with E-state index < -0.39 is 0 Å². The molecule has 0 aliphatic heterocycles. The lowest BCUT2D eigenvalue weighted by Crippen LogP contribution is -2.31. The largest absolute Gasteiger partial charge is 0.356 e. The van der Waals surface area contributed by atoms with Crippen molar-refractivity contribution in [2.45, 2.75) is 40.7 Å². The molecule has 2 aromatic rings. The molecule has 2 nitrogen and oxygen atoms in total. The van der Waals surface area contributed by atoms with Crippen molar-refractivity contribution >= 4 is 23.0 Å². The summed E-state index contributed by atoms with van der Waals surface area (Å²) in [5, 5.41) is 7.25. The second kappa shape index (κ2) is 6.93. The molecule has 22 heavy (non-hydrogen) atoms. The molecule has 0 aromatic heterocycles. The van der Waals surface area contributed by atoms with Gasteiger partial charge in [0, 0.05) is 5.69 Å². The van der Waals surface area contributed by atoms with Crippen LogP contribution in [0.1, 0.15) is 40.8 Å². The first-order valence-corrected chi connectivity index (χ1v) is 7.99. The van der Waals surface area contributed by atoms with Gasteiger partial charge in [0.2, 0.25) is 0 Å². The molecule has 2 rings (SSSR count). The number of rotatable bonds is 3. The summed E-state index contributed by atoms with van der Waals surface area (Å²) in [7, 11) is 0. The second-order valence-electron chi connectivity index (χ2n) is 5.96. The number of thiocarbonyl (C=S) groups is 1. The molecule has 2 N–H and O–H groups in total. The highest BCUT2D eigenvalue weighted by molar-refractivity contribution is 7.80. The molecule has 0 unspecified atom stereocenters. The van der Waals surface area contributed by atoms with Crippen LogP contribution in [0.15, 0.2) is 36.4 Å². The zero-order chi connectivity index (χ0) is 16.3. The first-order valence-electron chi connectivity index (χ1n) is 7.58. The summed E-state index contributed by atoms with van der Waals surface area (Å²) in [5.41, 5.74) is 7.43. The molecule has 1 atom stereocenters. The average molecular weight is 312 g/mol. The Kier molecular flexibility index (Phi) is 5.19. The van der Waals surface area contributed by atoms with Crippen molar-refractivity contribution in [3.8, 4) is 0 Å². The molecule has 2 aromatic carbocycles. The lowest BCUT2D eigenvalue weighted by atomic mass is 10.0. The summed E-state index contributed by atoms with van der Waals surface area (Å²) in [6.45, 7) is 10.6. The predicted molar refractivity (Wildman–Crippen MR) is 99.6 cm³/mol. The summed E-state index contributed by atoms with van der Waals surface area (Å²) in [5.74, 6) is 0. The Morgan fingerprint density at radius 3 is 2.05 bits per heavy atom. The molecule has 0 spiro atoms. The molecule has 0 aliphatic rings. The molecule has 0 saturated carbocycles. The highest BCUT2D eigenvalue weighted by Crippen LogP contribution is 2.18. The standard InChI is InChI=1S/C19H24N2S/c1-12-6-8-17(10-14(12)3)16(5)20-19(22)21-18-9-7-13(2)15(4)11-18/h6-11,16H,1-5H3,(H2,20,21,22)/t16-/m0/s1. The van der Waals surface area contributed by atoms with E-state index in [1.807, 2.05) is 0 Å². The number of aryl methyl sites for hydroxylation is 4. The molecular weight excluding hydrogens is 288 g/mol. The maximum absolute atomic E-state index is 5.42. The molecular formula is C19H24N2S. The number of nitrogens with one attached hydrogen (secondary N) is 2. The van der Waals surface area contributed by atoms with E-state index in [1.54, 1.807) is 0 Å². The van der Waals surface area contributed by atoms with Gasteiger partial charge in [-0.25, -0.2) is 0 Å². The van der Waals surface area contributed by atoms with Crippen molar-refractivity contribution < 1.29 is 0 Å². The number of anilines is 1. The maximum atomic E-state index is 5.42. The monoisotopic (exact) mass is 312 g/mol. The molecule has 0 radical (unpaired) electrons. The molecule has 0 aliphatic carbocycles. The van der Waals surface area contributed by atoms with Crippen LogP contribution in [0, 0.1) is 27.7 Å². The highest BCUT2D eigenvalue weighted by atomic mass is 32.1. The van der Waals surface area contributed by atoms with Gasteiger partial charge in [0.05, 0.1) is 6.04 Å². The van der Waals surface area contributed by atoms with Gasteiger partial charge in [-0.2, -0.15) is 0 Å². The van der Waals surface area contributed by atoms with E-state index in [0.29, 0.717) is 5.11 Å². The van der Waals surface area contributed by atoms with Crippen LogP contribution in [0.3, 0.4) is 0 Å². The van der Waals surface area contributed by atoms with Crippen LogP contribution < -0.4 is 10.6 Å². The smallest absolute Gasteiger partial charge is 0.171 e. The van der Waals surface area contributed by atoms with Crippen LogP contribution in [-0.2, 0) is 0 Å². The molecule has 3 heteroatoms. The summed E-state index contributed by atoms with van der Waals surface area (Å²) >= 11 is 5.42. The molecule has 0 amide bonds. The van der Waals surface area contributed by atoms with Crippen LogP contribution in [0.5, 0.6) is 0 Å². The van der Waals surface area contributed by atoms with Crippen molar-refractivity contribution in [3.05, 3.63) is 64.2 Å². The van der Waals surface area contributed by atoms with Gasteiger partial charge < -0.3 is 10.6 Å². The van der Waals surface area contributed by atoms with E-state index in [1.165, 1.54) is 27.8 Å². The Bertz CT molecular complexity index is 692. The number of hydrogen-bond acceptors (Lipinski definition) is 1. The van der Waals surface area contributed by atoms with E-state index in [2.05, 4.69) is 81.7 Å². The fraction of sp³-hybridized carbons (Fsp3) is 0.316. The van der Waals surface area contributed by atoms with Gasteiger partial charge in [-0.1, -0.05) is 24.3 Å². The second-order valence-corrected chi connectivity index (χ2v) is 6.37. The van der Waals surface area contributed by atoms with Crippen molar-refractivity contribution in [1.82, 2.24) is 5.32 Å². The zero-order valence-corrected chi connectivity index (χ0v) is 14.8. The minimum Gasteiger partial charge on any atom is -0.356 e. The minimum atomic E-state index is 0.172. The van der Waals surface area contributed by atoms with Crippen molar-refractivity contribution in [2.75, 3.05) is 5.32 Å². The van der Waals surface area contributed by atoms with Crippen molar-refractivity contribution in [1.29, 1.82) is 0 Å². The molecule has 116 valence electrons. The maximum Gasteiger partial charge on any atom is 0.171 e. The van der Waals surface area contributed by atoms with E-state index in [4.69, 9.17) is 12.2 Å². The average Bonchev–Trinajstić information content (AvgIpc) is 2.45. The summed E-state index contributed by atoms with van der Waals surface area (Å²) < 4.78 is 0.